The molecule has 0 spiro atoms. The first-order chi connectivity index (χ1) is 14.0. The average Bonchev–Trinajstić information content (AvgIpc) is 2.71. The number of carbonyl (C=O) groups excluding carboxylic acids is 2. The molecule has 29 heavy (non-hydrogen) atoms. The van der Waals surface area contributed by atoms with Crippen LogP contribution in [0, 0.1) is 0 Å². The lowest BCUT2D eigenvalue weighted by Crippen LogP contribution is -2.41. The Morgan fingerprint density at radius 1 is 1.14 bits per heavy atom. The molecule has 6 nitrogen and oxygen atoms in total. The van der Waals surface area contributed by atoms with E-state index in [0.29, 0.717) is 24.0 Å². The number of anilines is 1. The van der Waals surface area contributed by atoms with Crippen LogP contribution in [-0.2, 0) is 16.1 Å². The van der Waals surface area contributed by atoms with Crippen molar-refractivity contribution in [3.05, 3.63) is 60.2 Å². The summed E-state index contributed by atoms with van der Waals surface area (Å²) in [5.41, 5.74) is 1.92. The molecule has 0 unspecified atom stereocenters. The smallest absolute Gasteiger partial charge is 0.266 e. The van der Waals surface area contributed by atoms with Crippen molar-refractivity contribution in [2.24, 2.45) is 0 Å². The van der Waals surface area contributed by atoms with Crippen molar-refractivity contribution in [3.8, 4) is 5.75 Å². The monoisotopic (exact) mass is 395 g/mol. The predicted octanol–water partition coefficient (Wildman–Crippen LogP) is 3.19. The fourth-order valence-corrected chi connectivity index (χ4v) is 3.32. The third kappa shape index (κ3) is 6.06. The molecule has 0 bridgehead atoms. The Bertz CT molecular complexity index is 823. The Morgan fingerprint density at radius 3 is 2.62 bits per heavy atom. The normalized spacial score (nSPS) is 15.6. The molecule has 0 radical (unpaired) electrons. The van der Waals surface area contributed by atoms with Crippen LogP contribution < -0.4 is 15.4 Å². The van der Waals surface area contributed by atoms with Crippen LogP contribution in [0.3, 0.4) is 0 Å². The zero-order valence-electron chi connectivity index (χ0n) is 17.1. The fourth-order valence-electron chi connectivity index (χ4n) is 3.32. The second-order valence-electron chi connectivity index (χ2n) is 7.55. The minimum Gasteiger partial charge on any atom is -0.478 e. The molecule has 2 N–H and O–H groups in total. The highest BCUT2D eigenvalue weighted by Crippen LogP contribution is 2.29. The van der Waals surface area contributed by atoms with Gasteiger partial charge in [-0.3, -0.25) is 14.5 Å². The number of ether oxygens (including phenoxy) is 1. The van der Waals surface area contributed by atoms with Crippen molar-refractivity contribution in [2.75, 3.05) is 18.4 Å². The average molecular weight is 396 g/mol. The van der Waals surface area contributed by atoms with Crippen LogP contribution >= 0.6 is 0 Å². The lowest BCUT2D eigenvalue weighted by atomic mass is 10.1. The molecule has 1 atom stereocenters. The number of carbonyl (C=O) groups is 2. The summed E-state index contributed by atoms with van der Waals surface area (Å²) >= 11 is 0. The van der Waals surface area contributed by atoms with Crippen LogP contribution in [-0.4, -0.2) is 41.9 Å². The minimum absolute atomic E-state index is 0.0120. The van der Waals surface area contributed by atoms with Gasteiger partial charge in [0.05, 0.1) is 12.1 Å². The molecule has 3 rings (SSSR count). The van der Waals surface area contributed by atoms with Crippen LogP contribution in [0.4, 0.5) is 5.69 Å². The Morgan fingerprint density at radius 2 is 1.86 bits per heavy atom. The summed E-state index contributed by atoms with van der Waals surface area (Å²) in [6.45, 7) is 6.71. The predicted molar refractivity (Wildman–Crippen MR) is 114 cm³/mol. The van der Waals surface area contributed by atoms with E-state index in [9.17, 15) is 9.59 Å². The number of para-hydroxylation sites is 2. The largest absolute Gasteiger partial charge is 0.478 e. The highest BCUT2D eigenvalue weighted by atomic mass is 16.5. The topological polar surface area (TPSA) is 70.7 Å². The van der Waals surface area contributed by atoms with E-state index in [0.717, 1.165) is 19.5 Å². The highest BCUT2D eigenvalue weighted by molar-refractivity contribution is 5.99. The van der Waals surface area contributed by atoms with Gasteiger partial charge in [0.1, 0.15) is 5.75 Å². The van der Waals surface area contributed by atoms with E-state index >= 15 is 0 Å². The molecule has 0 aromatic heterocycles. The molecule has 0 saturated carbocycles. The van der Waals surface area contributed by atoms with Crippen molar-refractivity contribution >= 4 is 17.5 Å². The van der Waals surface area contributed by atoms with Gasteiger partial charge in [-0.05, 0) is 38.0 Å². The maximum atomic E-state index is 12.3. The number of hydrogen-bond acceptors (Lipinski definition) is 4. The summed E-state index contributed by atoms with van der Waals surface area (Å²) in [7, 11) is 0. The first kappa shape index (κ1) is 20.9. The number of fused-ring (bicyclic) bond motifs is 1. The summed E-state index contributed by atoms with van der Waals surface area (Å²) < 4.78 is 5.68. The van der Waals surface area contributed by atoms with Gasteiger partial charge in [0.15, 0.2) is 6.10 Å². The van der Waals surface area contributed by atoms with Gasteiger partial charge >= 0.3 is 0 Å². The second-order valence-corrected chi connectivity index (χ2v) is 7.55. The van der Waals surface area contributed by atoms with Crippen LogP contribution in [0.25, 0.3) is 0 Å². The Labute approximate surface area is 172 Å². The molecular weight excluding hydrogens is 366 g/mol. The van der Waals surface area contributed by atoms with Crippen molar-refractivity contribution in [1.82, 2.24) is 10.2 Å². The number of nitrogens with zero attached hydrogens (tertiary/aromatic N) is 1. The van der Waals surface area contributed by atoms with Gasteiger partial charge in [-0.1, -0.05) is 42.5 Å². The maximum absolute atomic E-state index is 12.3. The lowest BCUT2D eigenvalue weighted by molar-refractivity contribution is -0.130. The van der Waals surface area contributed by atoms with Gasteiger partial charge in [-0.15, -0.1) is 0 Å². The number of rotatable bonds is 9. The van der Waals surface area contributed by atoms with Gasteiger partial charge in [0, 0.05) is 25.7 Å². The zero-order chi connectivity index (χ0) is 20.6. The molecule has 1 aliphatic rings. The molecule has 1 aliphatic heterocycles. The fraction of sp³-hybridized carbons (Fsp3) is 0.391. The van der Waals surface area contributed by atoms with Crippen LogP contribution in [0.2, 0.25) is 0 Å². The maximum Gasteiger partial charge on any atom is 0.266 e. The minimum atomic E-state index is -0.796. The molecule has 2 amide bonds. The molecule has 0 saturated heterocycles. The first-order valence-electron chi connectivity index (χ1n) is 10.1. The zero-order valence-corrected chi connectivity index (χ0v) is 17.1. The molecule has 2 aromatic rings. The summed E-state index contributed by atoms with van der Waals surface area (Å²) in [5.74, 6) is 0.134. The molecule has 2 aromatic carbocycles. The van der Waals surface area contributed by atoms with E-state index in [-0.39, 0.29) is 18.2 Å². The van der Waals surface area contributed by atoms with Gasteiger partial charge in [0.2, 0.25) is 5.91 Å². The SMILES string of the molecule is CC(C)N(CCCNC(=O)C[C@@H]1Oc2ccccc2NC1=O)Cc1ccccc1. The Hall–Kier alpha value is -2.86. The van der Waals surface area contributed by atoms with Crippen molar-refractivity contribution < 1.29 is 14.3 Å². The third-order valence-corrected chi connectivity index (χ3v) is 4.98. The van der Waals surface area contributed by atoms with E-state index in [2.05, 4.69) is 53.6 Å². The number of hydrogen-bond donors (Lipinski definition) is 2. The van der Waals surface area contributed by atoms with Crippen molar-refractivity contribution in [3.63, 3.8) is 0 Å². The molecule has 1 heterocycles. The van der Waals surface area contributed by atoms with Crippen molar-refractivity contribution in [1.29, 1.82) is 0 Å². The van der Waals surface area contributed by atoms with Gasteiger partial charge < -0.3 is 15.4 Å². The summed E-state index contributed by atoms with van der Waals surface area (Å²) in [5, 5.41) is 5.69. The Kier molecular flexibility index (Phi) is 7.25. The van der Waals surface area contributed by atoms with Gasteiger partial charge in [-0.25, -0.2) is 0 Å². The summed E-state index contributed by atoms with van der Waals surface area (Å²) in [4.78, 5) is 26.8. The first-order valence-corrected chi connectivity index (χ1v) is 10.1. The summed E-state index contributed by atoms with van der Waals surface area (Å²) in [6.07, 6.45) is 0.0604. The highest BCUT2D eigenvalue weighted by Gasteiger charge is 2.29. The number of amides is 2. The standard InChI is InChI=1S/C23H29N3O3/c1-17(2)26(16-18-9-4-3-5-10-18)14-8-13-24-22(27)15-21-23(28)25-19-11-6-7-12-20(19)29-21/h3-7,9-12,17,21H,8,13-16H2,1-2H3,(H,24,27)(H,25,28)/t21-/m0/s1. The second kappa shape index (κ2) is 10.1. The summed E-state index contributed by atoms with van der Waals surface area (Å²) in [6, 6.07) is 18.0. The molecule has 0 aliphatic carbocycles. The van der Waals surface area contributed by atoms with Crippen LogP contribution in [0.1, 0.15) is 32.3 Å². The number of nitrogens with one attached hydrogen (secondary N) is 2. The Balaban J connectivity index is 1.41. The van der Waals surface area contributed by atoms with E-state index in [1.807, 2.05) is 18.2 Å². The molecule has 0 fully saturated rings. The van der Waals surface area contributed by atoms with E-state index in [1.165, 1.54) is 5.56 Å². The third-order valence-electron chi connectivity index (χ3n) is 4.98. The van der Waals surface area contributed by atoms with Crippen LogP contribution in [0.15, 0.2) is 54.6 Å². The van der Waals surface area contributed by atoms with Crippen LogP contribution in [0.5, 0.6) is 5.75 Å². The lowest BCUT2D eigenvalue weighted by Gasteiger charge is -2.27. The quantitative estimate of drug-likeness (QED) is 0.640. The molecule has 6 heteroatoms. The van der Waals surface area contributed by atoms with Gasteiger partial charge in [0.25, 0.3) is 5.91 Å². The van der Waals surface area contributed by atoms with E-state index < -0.39 is 6.10 Å². The van der Waals surface area contributed by atoms with E-state index in [4.69, 9.17) is 4.74 Å². The van der Waals surface area contributed by atoms with Gasteiger partial charge in [-0.2, -0.15) is 0 Å². The van der Waals surface area contributed by atoms with E-state index in [1.54, 1.807) is 12.1 Å². The molecule has 154 valence electrons. The van der Waals surface area contributed by atoms with Crippen molar-refractivity contribution in [2.45, 2.75) is 45.4 Å². The molecular formula is C23H29N3O3. The number of benzene rings is 2.